The van der Waals surface area contributed by atoms with Crippen LogP contribution in [0, 0.1) is 11.7 Å². The van der Waals surface area contributed by atoms with Crippen LogP contribution in [0.15, 0.2) is 24.3 Å². The highest BCUT2D eigenvalue weighted by molar-refractivity contribution is 5.90. The van der Waals surface area contributed by atoms with Gasteiger partial charge in [-0.05, 0) is 44.2 Å². The summed E-state index contributed by atoms with van der Waals surface area (Å²) < 4.78 is 13.8. The third-order valence-electron chi connectivity index (χ3n) is 6.01. The zero-order chi connectivity index (χ0) is 18.8. The minimum atomic E-state index is -0.456. The highest BCUT2D eigenvalue weighted by Crippen LogP contribution is 2.25. The Morgan fingerprint density at radius 2 is 1.81 bits per heavy atom. The molecule has 0 spiro atoms. The molecule has 3 aliphatic heterocycles. The lowest BCUT2D eigenvalue weighted by Gasteiger charge is -2.35. The number of hydrogen-bond donors (Lipinski definition) is 2. The van der Waals surface area contributed by atoms with Crippen molar-refractivity contribution in [3.63, 3.8) is 0 Å². The predicted molar refractivity (Wildman–Crippen MR) is 101 cm³/mol. The zero-order valence-corrected chi connectivity index (χ0v) is 15.5. The van der Waals surface area contributed by atoms with Crippen LogP contribution in [0.25, 0.3) is 0 Å². The third-order valence-corrected chi connectivity index (χ3v) is 6.01. The monoisotopic (exact) mass is 374 g/mol. The largest absolute Gasteiger partial charge is 0.341 e. The molecule has 2 N–H and O–H groups in total. The van der Waals surface area contributed by atoms with E-state index in [2.05, 4.69) is 10.6 Å². The number of fused-ring (bicyclic) bond motifs is 2. The number of carbonyl (C=O) groups is 2. The van der Waals surface area contributed by atoms with Gasteiger partial charge in [-0.1, -0.05) is 12.1 Å². The number of urea groups is 1. The lowest BCUT2D eigenvalue weighted by molar-refractivity contribution is -0.137. The minimum Gasteiger partial charge on any atom is -0.341 e. The van der Waals surface area contributed by atoms with Gasteiger partial charge in [0.05, 0.1) is 11.6 Å². The fourth-order valence-corrected chi connectivity index (χ4v) is 4.52. The van der Waals surface area contributed by atoms with Crippen molar-refractivity contribution in [1.82, 2.24) is 15.1 Å². The molecule has 3 unspecified atom stereocenters. The normalized spacial score (nSPS) is 28.0. The van der Waals surface area contributed by atoms with Gasteiger partial charge in [0.15, 0.2) is 0 Å². The van der Waals surface area contributed by atoms with Crippen LogP contribution in [0.3, 0.4) is 0 Å². The molecule has 3 heterocycles. The van der Waals surface area contributed by atoms with Crippen LogP contribution in [0.5, 0.6) is 0 Å². The SMILES string of the molecule is O=C(Nc1ccccc1F)N1CCCC(C(=O)N2CCC3CCC(C2)N3)C1. The van der Waals surface area contributed by atoms with E-state index in [0.717, 1.165) is 38.8 Å². The number of anilines is 1. The second-order valence-electron chi connectivity index (χ2n) is 7.91. The van der Waals surface area contributed by atoms with Gasteiger partial charge in [0.25, 0.3) is 0 Å². The van der Waals surface area contributed by atoms with Crippen molar-refractivity contribution in [2.75, 3.05) is 31.5 Å². The van der Waals surface area contributed by atoms with Gasteiger partial charge < -0.3 is 20.4 Å². The van der Waals surface area contributed by atoms with Crippen molar-refractivity contribution in [3.8, 4) is 0 Å². The Morgan fingerprint density at radius 1 is 1.00 bits per heavy atom. The summed E-state index contributed by atoms with van der Waals surface area (Å²) >= 11 is 0. The first-order valence-corrected chi connectivity index (χ1v) is 9.95. The van der Waals surface area contributed by atoms with Crippen LogP contribution in [-0.2, 0) is 4.79 Å². The van der Waals surface area contributed by atoms with Gasteiger partial charge in [0, 0.05) is 38.3 Å². The molecule has 3 fully saturated rings. The Morgan fingerprint density at radius 3 is 2.67 bits per heavy atom. The van der Waals surface area contributed by atoms with Crippen LogP contribution in [0.2, 0.25) is 0 Å². The van der Waals surface area contributed by atoms with E-state index in [9.17, 15) is 14.0 Å². The van der Waals surface area contributed by atoms with Gasteiger partial charge in [0.2, 0.25) is 5.91 Å². The average Bonchev–Trinajstić information content (AvgIpc) is 3.02. The Balaban J connectivity index is 1.36. The number of carbonyl (C=O) groups excluding carboxylic acids is 2. The number of benzene rings is 1. The molecule has 0 aliphatic carbocycles. The number of nitrogens with zero attached hydrogens (tertiary/aromatic N) is 2. The molecule has 0 saturated carbocycles. The van der Waals surface area contributed by atoms with Crippen LogP contribution in [0.1, 0.15) is 32.1 Å². The molecule has 3 saturated heterocycles. The lowest BCUT2D eigenvalue weighted by Crippen LogP contribution is -2.49. The van der Waals surface area contributed by atoms with Gasteiger partial charge in [-0.15, -0.1) is 0 Å². The molecule has 1 aromatic carbocycles. The van der Waals surface area contributed by atoms with E-state index in [1.54, 1.807) is 23.1 Å². The standard InChI is InChI=1S/C20H27FN4O2/c21-17-5-1-2-6-18(17)23-20(27)25-10-3-4-14(12-25)19(26)24-11-9-15-7-8-16(13-24)22-15/h1-2,5-6,14-16,22H,3-4,7-13H2,(H,23,27). The molecule has 3 aliphatic rings. The summed E-state index contributed by atoms with van der Waals surface area (Å²) in [4.78, 5) is 29.2. The summed E-state index contributed by atoms with van der Waals surface area (Å²) in [5.41, 5.74) is 0.172. The molecule has 3 atom stereocenters. The lowest BCUT2D eigenvalue weighted by atomic mass is 9.96. The number of piperidine rings is 1. The molecule has 6 nitrogen and oxygen atoms in total. The number of para-hydroxylation sites is 1. The Labute approximate surface area is 159 Å². The van der Waals surface area contributed by atoms with Crippen molar-refractivity contribution in [2.45, 2.75) is 44.2 Å². The number of halogens is 1. The van der Waals surface area contributed by atoms with Crippen molar-refractivity contribution < 1.29 is 14.0 Å². The third kappa shape index (κ3) is 4.08. The van der Waals surface area contributed by atoms with Crippen LogP contribution in [0.4, 0.5) is 14.9 Å². The second-order valence-corrected chi connectivity index (χ2v) is 7.91. The van der Waals surface area contributed by atoms with E-state index in [-0.39, 0.29) is 23.5 Å². The number of nitrogens with one attached hydrogen (secondary N) is 2. The fraction of sp³-hybridized carbons (Fsp3) is 0.600. The predicted octanol–water partition coefficient (Wildman–Crippen LogP) is 2.42. The van der Waals surface area contributed by atoms with Gasteiger partial charge in [-0.3, -0.25) is 4.79 Å². The van der Waals surface area contributed by atoms with E-state index in [1.165, 1.54) is 12.5 Å². The maximum absolute atomic E-state index is 13.8. The highest BCUT2D eigenvalue weighted by Gasteiger charge is 2.35. The minimum absolute atomic E-state index is 0.160. The summed E-state index contributed by atoms with van der Waals surface area (Å²) in [5.74, 6) is -0.461. The maximum Gasteiger partial charge on any atom is 0.321 e. The average molecular weight is 374 g/mol. The fourth-order valence-electron chi connectivity index (χ4n) is 4.52. The van der Waals surface area contributed by atoms with Crippen LogP contribution < -0.4 is 10.6 Å². The number of likely N-dealkylation sites (tertiary alicyclic amines) is 2. The van der Waals surface area contributed by atoms with Crippen molar-refractivity contribution >= 4 is 17.6 Å². The Bertz CT molecular complexity index is 713. The first-order valence-electron chi connectivity index (χ1n) is 9.95. The molecular weight excluding hydrogens is 347 g/mol. The summed E-state index contributed by atoms with van der Waals surface area (Å²) in [7, 11) is 0. The number of amides is 3. The number of rotatable bonds is 2. The molecule has 7 heteroatoms. The molecule has 4 rings (SSSR count). The molecule has 146 valence electrons. The molecular formula is C20H27FN4O2. The van der Waals surface area contributed by atoms with Gasteiger partial charge in [-0.25, -0.2) is 9.18 Å². The first kappa shape index (κ1) is 18.2. The molecule has 0 aromatic heterocycles. The Kier molecular flexibility index (Phi) is 5.29. The topological polar surface area (TPSA) is 64.7 Å². The van der Waals surface area contributed by atoms with E-state index in [1.807, 2.05) is 4.90 Å². The van der Waals surface area contributed by atoms with E-state index >= 15 is 0 Å². The molecule has 2 bridgehead atoms. The Hall–Kier alpha value is -2.15. The molecule has 0 radical (unpaired) electrons. The molecule has 3 amide bonds. The van der Waals surface area contributed by atoms with Crippen LogP contribution >= 0.6 is 0 Å². The van der Waals surface area contributed by atoms with Crippen molar-refractivity contribution in [1.29, 1.82) is 0 Å². The van der Waals surface area contributed by atoms with Gasteiger partial charge in [-0.2, -0.15) is 0 Å². The quantitative estimate of drug-likeness (QED) is 0.836. The maximum atomic E-state index is 13.8. The summed E-state index contributed by atoms with van der Waals surface area (Å²) in [6, 6.07) is 6.74. The summed E-state index contributed by atoms with van der Waals surface area (Å²) in [6.45, 7) is 2.56. The summed E-state index contributed by atoms with van der Waals surface area (Å²) in [5, 5.41) is 6.22. The molecule has 1 aromatic rings. The van der Waals surface area contributed by atoms with Crippen LogP contribution in [-0.4, -0.2) is 60.0 Å². The van der Waals surface area contributed by atoms with Gasteiger partial charge >= 0.3 is 6.03 Å². The van der Waals surface area contributed by atoms with Crippen molar-refractivity contribution in [2.24, 2.45) is 5.92 Å². The van der Waals surface area contributed by atoms with E-state index in [0.29, 0.717) is 25.2 Å². The van der Waals surface area contributed by atoms with E-state index in [4.69, 9.17) is 0 Å². The second kappa shape index (κ2) is 7.84. The highest BCUT2D eigenvalue weighted by atomic mass is 19.1. The first-order chi connectivity index (χ1) is 13.1. The van der Waals surface area contributed by atoms with Crippen molar-refractivity contribution in [3.05, 3.63) is 30.1 Å². The number of hydrogen-bond acceptors (Lipinski definition) is 3. The molecule has 27 heavy (non-hydrogen) atoms. The summed E-state index contributed by atoms with van der Waals surface area (Å²) in [6.07, 6.45) is 4.95. The zero-order valence-electron chi connectivity index (χ0n) is 15.5. The van der Waals surface area contributed by atoms with Gasteiger partial charge in [0.1, 0.15) is 5.82 Å². The van der Waals surface area contributed by atoms with E-state index < -0.39 is 5.82 Å². The smallest absolute Gasteiger partial charge is 0.321 e.